The van der Waals surface area contributed by atoms with Crippen molar-refractivity contribution >= 4 is 11.6 Å². The second-order valence-corrected chi connectivity index (χ2v) is 6.04. The highest BCUT2D eigenvalue weighted by Crippen LogP contribution is 2.24. The van der Waals surface area contributed by atoms with Crippen LogP contribution in [0.15, 0.2) is 18.2 Å². The smallest absolute Gasteiger partial charge is 0.253 e. The largest absolute Gasteiger partial charge is 0.506 e. The molecule has 0 radical (unpaired) electrons. The Bertz CT molecular complexity index is 518. The maximum absolute atomic E-state index is 12.5. The summed E-state index contributed by atoms with van der Waals surface area (Å²) in [6.07, 6.45) is 4.72. The third-order valence-corrected chi connectivity index (χ3v) is 4.69. The number of nitrogens with two attached hydrogens (primary N) is 1. The van der Waals surface area contributed by atoms with Gasteiger partial charge in [0.2, 0.25) is 0 Å². The Balaban J connectivity index is 1.60. The summed E-state index contributed by atoms with van der Waals surface area (Å²) < 4.78 is 0. The van der Waals surface area contributed by atoms with Gasteiger partial charge in [-0.1, -0.05) is 0 Å². The molecule has 1 aromatic carbocycles. The van der Waals surface area contributed by atoms with Crippen molar-refractivity contribution in [3.63, 3.8) is 0 Å². The third-order valence-electron chi connectivity index (χ3n) is 4.69. The van der Waals surface area contributed by atoms with E-state index in [1.807, 2.05) is 4.90 Å². The number of rotatable bonds is 2. The molecule has 21 heavy (non-hydrogen) atoms. The monoisotopic (exact) mass is 289 g/mol. The SMILES string of the molecule is Nc1ccc(C(=O)N2CCC(N3CCCC3)CC2)cc1O. The van der Waals surface area contributed by atoms with Crippen molar-refractivity contribution in [3.05, 3.63) is 23.8 Å². The standard InChI is InChI=1S/C16H23N3O2/c17-14-4-3-12(11-15(14)20)16(21)19-9-5-13(6-10-19)18-7-1-2-8-18/h3-4,11,13,20H,1-2,5-10,17H2. The summed E-state index contributed by atoms with van der Waals surface area (Å²) in [4.78, 5) is 16.9. The van der Waals surface area contributed by atoms with Crippen molar-refractivity contribution in [3.8, 4) is 5.75 Å². The Morgan fingerprint density at radius 2 is 1.81 bits per heavy atom. The highest BCUT2D eigenvalue weighted by atomic mass is 16.3. The van der Waals surface area contributed by atoms with E-state index in [2.05, 4.69) is 4.90 Å². The predicted molar refractivity (Wildman–Crippen MR) is 82.3 cm³/mol. The summed E-state index contributed by atoms with van der Waals surface area (Å²) in [6.45, 7) is 4.02. The van der Waals surface area contributed by atoms with Crippen LogP contribution in [-0.2, 0) is 0 Å². The lowest BCUT2D eigenvalue weighted by atomic mass is 10.0. The molecule has 2 fully saturated rings. The number of hydrogen-bond acceptors (Lipinski definition) is 4. The van der Waals surface area contributed by atoms with Crippen LogP contribution >= 0.6 is 0 Å². The number of anilines is 1. The molecule has 0 atom stereocenters. The molecule has 5 nitrogen and oxygen atoms in total. The van der Waals surface area contributed by atoms with Gasteiger partial charge in [-0.25, -0.2) is 0 Å². The van der Waals surface area contributed by atoms with Gasteiger partial charge >= 0.3 is 0 Å². The number of amides is 1. The fraction of sp³-hybridized carbons (Fsp3) is 0.562. The number of phenols is 1. The minimum Gasteiger partial charge on any atom is -0.506 e. The van der Waals surface area contributed by atoms with Crippen molar-refractivity contribution in [1.82, 2.24) is 9.80 Å². The van der Waals surface area contributed by atoms with Gasteiger partial charge in [-0.05, 0) is 57.0 Å². The molecule has 5 heteroatoms. The molecular weight excluding hydrogens is 266 g/mol. The molecule has 1 aromatic rings. The van der Waals surface area contributed by atoms with E-state index in [-0.39, 0.29) is 11.7 Å². The van der Waals surface area contributed by atoms with Gasteiger partial charge in [0.1, 0.15) is 5.75 Å². The molecule has 0 spiro atoms. The average Bonchev–Trinajstić information content (AvgIpc) is 3.04. The summed E-state index contributed by atoms with van der Waals surface area (Å²) in [5.74, 6) is -0.0297. The number of hydrogen-bond donors (Lipinski definition) is 2. The normalized spacial score (nSPS) is 20.9. The van der Waals surface area contributed by atoms with Crippen LogP contribution in [0.3, 0.4) is 0 Å². The molecular formula is C16H23N3O2. The second-order valence-electron chi connectivity index (χ2n) is 6.04. The zero-order chi connectivity index (χ0) is 14.8. The average molecular weight is 289 g/mol. The number of carbonyl (C=O) groups is 1. The van der Waals surface area contributed by atoms with E-state index >= 15 is 0 Å². The lowest BCUT2D eigenvalue weighted by Gasteiger charge is -2.36. The molecule has 2 aliphatic rings. The second kappa shape index (κ2) is 5.93. The lowest BCUT2D eigenvalue weighted by molar-refractivity contribution is 0.0644. The molecule has 2 aliphatic heterocycles. The van der Waals surface area contributed by atoms with Gasteiger partial charge in [0.15, 0.2) is 0 Å². The van der Waals surface area contributed by atoms with Crippen molar-refractivity contribution < 1.29 is 9.90 Å². The fourth-order valence-corrected chi connectivity index (χ4v) is 3.40. The number of nitrogen functional groups attached to an aromatic ring is 1. The number of nitrogens with zero attached hydrogens (tertiary/aromatic N) is 2. The molecule has 0 bridgehead atoms. The zero-order valence-electron chi connectivity index (χ0n) is 12.3. The Hall–Kier alpha value is -1.75. The summed E-state index contributed by atoms with van der Waals surface area (Å²) in [5.41, 5.74) is 6.39. The van der Waals surface area contributed by atoms with E-state index in [0.29, 0.717) is 17.3 Å². The third kappa shape index (κ3) is 2.97. The molecule has 0 saturated carbocycles. The van der Waals surface area contributed by atoms with Gasteiger partial charge in [0.05, 0.1) is 5.69 Å². The Labute approximate surface area is 125 Å². The maximum atomic E-state index is 12.5. The molecule has 2 saturated heterocycles. The van der Waals surface area contributed by atoms with Crippen LogP contribution in [-0.4, -0.2) is 53.0 Å². The number of benzene rings is 1. The Morgan fingerprint density at radius 1 is 1.14 bits per heavy atom. The van der Waals surface area contributed by atoms with E-state index in [0.717, 1.165) is 25.9 Å². The Morgan fingerprint density at radius 3 is 2.43 bits per heavy atom. The topological polar surface area (TPSA) is 69.8 Å². The maximum Gasteiger partial charge on any atom is 0.253 e. The van der Waals surface area contributed by atoms with Gasteiger partial charge < -0.3 is 20.6 Å². The van der Waals surface area contributed by atoms with Crippen LogP contribution < -0.4 is 5.73 Å². The first-order chi connectivity index (χ1) is 10.1. The van der Waals surface area contributed by atoms with Crippen LogP contribution in [0.4, 0.5) is 5.69 Å². The van der Waals surface area contributed by atoms with Crippen molar-refractivity contribution in [2.24, 2.45) is 0 Å². The summed E-state index contributed by atoms with van der Waals surface area (Å²) in [7, 11) is 0. The summed E-state index contributed by atoms with van der Waals surface area (Å²) in [5, 5.41) is 9.63. The molecule has 3 N–H and O–H groups in total. The first-order valence-corrected chi connectivity index (χ1v) is 7.77. The van der Waals surface area contributed by atoms with E-state index in [1.54, 1.807) is 12.1 Å². The molecule has 114 valence electrons. The van der Waals surface area contributed by atoms with Gasteiger partial charge in [0, 0.05) is 24.7 Å². The predicted octanol–water partition coefficient (Wildman–Crippen LogP) is 1.67. The lowest BCUT2D eigenvalue weighted by Crippen LogP contribution is -2.45. The highest BCUT2D eigenvalue weighted by Gasteiger charge is 2.28. The molecule has 0 aromatic heterocycles. The summed E-state index contributed by atoms with van der Waals surface area (Å²) >= 11 is 0. The van der Waals surface area contributed by atoms with Crippen LogP contribution in [0.2, 0.25) is 0 Å². The van der Waals surface area contributed by atoms with E-state index in [1.165, 1.54) is 32.0 Å². The van der Waals surface area contributed by atoms with Crippen LogP contribution in [0, 0.1) is 0 Å². The van der Waals surface area contributed by atoms with Gasteiger partial charge in [0.25, 0.3) is 5.91 Å². The molecule has 0 aliphatic carbocycles. The first kappa shape index (κ1) is 14.2. The Kier molecular flexibility index (Phi) is 4.01. The molecule has 0 unspecified atom stereocenters. The number of carbonyl (C=O) groups excluding carboxylic acids is 1. The van der Waals surface area contributed by atoms with Gasteiger partial charge in [-0.15, -0.1) is 0 Å². The van der Waals surface area contributed by atoms with Crippen molar-refractivity contribution in [1.29, 1.82) is 0 Å². The first-order valence-electron chi connectivity index (χ1n) is 7.77. The minimum absolute atomic E-state index is 0.00910. The summed E-state index contributed by atoms with van der Waals surface area (Å²) in [6, 6.07) is 5.37. The number of phenolic OH excluding ortho intramolecular Hbond substituents is 1. The minimum atomic E-state index is -0.0206. The molecule has 3 rings (SSSR count). The number of likely N-dealkylation sites (tertiary alicyclic amines) is 2. The van der Waals surface area contributed by atoms with Crippen LogP contribution in [0.1, 0.15) is 36.0 Å². The van der Waals surface area contributed by atoms with E-state index in [4.69, 9.17) is 5.73 Å². The molecule has 2 heterocycles. The zero-order valence-corrected chi connectivity index (χ0v) is 12.3. The van der Waals surface area contributed by atoms with Crippen molar-refractivity contribution in [2.45, 2.75) is 31.7 Å². The molecule has 1 amide bonds. The quantitative estimate of drug-likeness (QED) is 0.642. The van der Waals surface area contributed by atoms with Crippen LogP contribution in [0.25, 0.3) is 0 Å². The van der Waals surface area contributed by atoms with Crippen LogP contribution in [0.5, 0.6) is 5.75 Å². The van der Waals surface area contributed by atoms with Gasteiger partial charge in [-0.2, -0.15) is 0 Å². The fourth-order valence-electron chi connectivity index (χ4n) is 3.40. The highest BCUT2D eigenvalue weighted by molar-refractivity contribution is 5.95. The van der Waals surface area contributed by atoms with Crippen molar-refractivity contribution in [2.75, 3.05) is 31.9 Å². The van der Waals surface area contributed by atoms with E-state index in [9.17, 15) is 9.90 Å². The van der Waals surface area contributed by atoms with E-state index < -0.39 is 0 Å². The number of aromatic hydroxyl groups is 1. The number of piperidine rings is 1. The van der Waals surface area contributed by atoms with Gasteiger partial charge in [-0.3, -0.25) is 4.79 Å².